The van der Waals surface area contributed by atoms with E-state index in [1.165, 1.54) is 24.3 Å². The number of imidazole rings is 1. The van der Waals surface area contributed by atoms with E-state index in [1.807, 2.05) is 6.92 Å². The van der Waals surface area contributed by atoms with Crippen molar-refractivity contribution in [3.8, 4) is 0 Å². The Morgan fingerprint density at radius 2 is 1.69 bits per heavy atom. The summed E-state index contributed by atoms with van der Waals surface area (Å²) in [4.78, 5) is 19.8. The third kappa shape index (κ3) is 4.19. The van der Waals surface area contributed by atoms with Gasteiger partial charge in [-0.15, -0.1) is 0 Å². The number of aryl methyl sites for hydroxylation is 1. The lowest BCUT2D eigenvalue weighted by Crippen LogP contribution is -2.13. The largest absolute Gasteiger partial charge is 0.433 e. The summed E-state index contributed by atoms with van der Waals surface area (Å²) in [6, 6.07) is 11.0. The highest BCUT2D eigenvalue weighted by molar-refractivity contribution is 7.91. The first kappa shape index (κ1) is 21.5. The van der Waals surface area contributed by atoms with Crippen LogP contribution < -0.4 is 5.32 Å². The number of fused-ring (bicyclic) bond motifs is 1. The molecule has 0 fully saturated rings. The van der Waals surface area contributed by atoms with Gasteiger partial charge in [-0.25, -0.2) is 18.4 Å². The van der Waals surface area contributed by atoms with E-state index in [1.54, 1.807) is 28.9 Å². The number of nitrogens with one attached hydrogen (secondary N) is 1. The maximum Gasteiger partial charge on any atom is 0.433 e. The number of hydrogen-bond donors (Lipinski definition) is 1. The van der Waals surface area contributed by atoms with E-state index in [0.29, 0.717) is 23.0 Å². The Labute approximate surface area is 180 Å². The van der Waals surface area contributed by atoms with Gasteiger partial charge in [0.25, 0.3) is 5.91 Å². The van der Waals surface area contributed by atoms with Gasteiger partial charge in [0.15, 0.2) is 5.03 Å². The van der Waals surface area contributed by atoms with Crippen molar-refractivity contribution in [3.63, 3.8) is 0 Å². The number of anilines is 1. The van der Waals surface area contributed by atoms with Crippen molar-refractivity contribution in [2.75, 3.05) is 5.32 Å². The number of alkyl halides is 3. The molecule has 0 atom stereocenters. The first-order chi connectivity index (χ1) is 15.0. The molecular formula is C21H15F3N4O3S. The van der Waals surface area contributed by atoms with Crippen LogP contribution in [-0.2, 0) is 16.0 Å². The molecule has 3 aromatic heterocycles. The van der Waals surface area contributed by atoms with Crippen molar-refractivity contribution in [1.29, 1.82) is 0 Å². The number of amides is 1. The van der Waals surface area contributed by atoms with Gasteiger partial charge in [0, 0.05) is 18.1 Å². The van der Waals surface area contributed by atoms with E-state index >= 15 is 0 Å². The number of aromatic nitrogens is 3. The SMILES string of the molecule is Cc1cn2cc(C(=O)Nc3ccc(S(=O)(=O)c4cccc(C(F)(F)F)n4)cc3)ccc2n1. The van der Waals surface area contributed by atoms with Gasteiger partial charge < -0.3 is 9.72 Å². The summed E-state index contributed by atoms with van der Waals surface area (Å²) in [5.74, 6) is -0.423. The normalized spacial score (nSPS) is 12.1. The molecule has 0 saturated heterocycles. The van der Waals surface area contributed by atoms with Gasteiger partial charge in [0.1, 0.15) is 11.3 Å². The molecular weight excluding hydrogens is 445 g/mol. The zero-order chi connectivity index (χ0) is 23.1. The fourth-order valence-corrected chi connectivity index (χ4v) is 4.23. The molecule has 4 rings (SSSR count). The van der Waals surface area contributed by atoms with Gasteiger partial charge in [0.2, 0.25) is 9.84 Å². The van der Waals surface area contributed by atoms with Crippen LogP contribution in [0.4, 0.5) is 18.9 Å². The minimum absolute atomic E-state index is 0.252. The Bertz CT molecular complexity index is 1430. The maximum absolute atomic E-state index is 12.9. The monoisotopic (exact) mass is 460 g/mol. The fraction of sp³-hybridized carbons (Fsp3) is 0.0952. The van der Waals surface area contributed by atoms with E-state index in [9.17, 15) is 26.4 Å². The molecule has 0 saturated carbocycles. The molecule has 164 valence electrons. The molecule has 0 bridgehead atoms. The second-order valence-electron chi connectivity index (χ2n) is 6.91. The van der Waals surface area contributed by atoms with Gasteiger partial charge in [-0.3, -0.25) is 4.79 Å². The number of carbonyl (C=O) groups is 1. The summed E-state index contributed by atoms with van der Waals surface area (Å²) in [6.07, 6.45) is -1.38. The quantitative estimate of drug-likeness (QED) is 0.494. The Morgan fingerprint density at radius 3 is 2.38 bits per heavy atom. The first-order valence-corrected chi connectivity index (χ1v) is 10.7. The lowest BCUT2D eigenvalue weighted by atomic mass is 10.2. The van der Waals surface area contributed by atoms with Crippen LogP contribution in [0.5, 0.6) is 0 Å². The molecule has 1 N–H and O–H groups in total. The summed E-state index contributed by atoms with van der Waals surface area (Å²) in [5.41, 5.74) is 0.867. The third-order valence-corrected chi connectivity index (χ3v) is 6.22. The van der Waals surface area contributed by atoms with E-state index < -0.39 is 32.6 Å². The van der Waals surface area contributed by atoms with Gasteiger partial charge in [0.05, 0.1) is 16.2 Å². The van der Waals surface area contributed by atoms with E-state index in [-0.39, 0.29) is 4.90 Å². The molecule has 7 nitrogen and oxygen atoms in total. The average molecular weight is 460 g/mol. The predicted molar refractivity (Wildman–Crippen MR) is 109 cm³/mol. The van der Waals surface area contributed by atoms with Crippen molar-refractivity contribution in [1.82, 2.24) is 14.4 Å². The van der Waals surface area contributed by atoms with Crippen molar-refractivity contribution in [3.05, 3.63) is 83.9 Å². The highest BCUT2D eigenvalue weighted by Crippen LogP contribution is 2.29. The summed E-state index contributed by atoms with van der Waals surface area (Å²) >= 11 is 0. The number of benzene rings is 1. The summed E-state index contributed by atoms with van der Waals surface area (Å²) in [7, 11) is -4.28. The van der Waals surface area contributed by atoms with Crippen LogP contribution in [0.15, 0.2) is 76.9 Å². The van der Waals surface area contributed by atoms with Crippen molar-refractivity contribution < 1.29 is 26.4 Å². The number of nitrogens with zero attached hydrogens (tertiary/aromatic N) is 3. The zero-order valence-electron chi connectivity index (χ0n) is 16.5. The smallest absolute Gasteiger partial charge is 0.322 e. The first-order valence-electron chi connectivity index (χ1n) is 9.20. The average Bonchev–Trinajstić information content (AvgIpc) is 3.13. The molecule has 1 amide bonds. The maximum atomic E-state index is 12.9. The molecule has 0 aliphatic rings. The topological polar surface area (TPSA) is 93.4 Å². The van der Waals surface area contributed by atoms with Crippen LogP contribution in [0.3, 0.4) is 0 Å². The predicted octanol–water partition coefficient (Wildman–Crippen LogP) is 4.14. The zero-order valence-corrected chi connectivity index (χ0v) is 17.3. The minimum atomic E-state index is -4.77. The molecule has 11 heteroatoms. The van der Waals surface area contributed by atoms with Crippen molar-refractivity contribution in [2.45, 2.75) is 23.0 Å². The lowest BCUT2D eigenvalue weighted by molar-refractivity contribution is -0.141. The molecule has 3 heterocycles. The van der Waals surface area contributed by atoms with Gasteiger partial charge in [-0.1, -0.05) is 6.07 Å². The van der Waals surface area contributed by atoms with E-state index in [2.05, 4.69) is 15.3 Å². The Balaban J connectivity index is 1.55. The van der Waals surface area contributed by atoms with Gasteiger partial charge in [-0.2, -0.15) is 13.2 Å². The molecule has 0 aliphatic carbocycles. The Hall–Kier alpha value is -3.73. The van der Waals surface area contributed by atoms with Crippen molar-refractivity contribution in [2.24, 2.45) is 0 Å². The van der Waals surface area contributed by atoms with Gasteiger partial charge >= 0.3 is 6.18 Å². The standard InChI is InChI=1S/C21H15F3N4O3S/c1-13-11-28-12-14(5-10-18(28)25-13)20(29)26-15-6-8-16(9-7-15)32(30,31)19-4-2-3-17(27-19)21(22,23)24/h2-12H,1H3,(H,26,29). The fourth-order valence-electron chi connectivity index (χ4n) is 3.02. The van der Waals surface area contributed by atoms with Crippen LogP contribution in [0.25, 0.3) is 5.65 Å². The summed E-state index contributed by atoms with van der Waals surface area (Å²) in [6.45, 7) is 1.83. The molecule has 0 spiro atoms. The van der Waals surface area contributed by atoms with Crippen LogP contribution in [0.1, 0.15) is 21.7 Å². The number of halogens is 3. The number of sulfone groups is 1. The van der Waals surface area contributed by atoms with Gasteiger partial charge in [-0.05, 0) is 55.5 Å². The summed E-state index contributed by atoms with van der Waals surface area (Å²) < 4.78 is 65.6. The highest BCUT2D eigenvalue weighted by atomic mass is 32.2. The lowest BCUT2D eigenvalue weighted by Gasteiger charge is -2.10. The second kappa shape index (κ2) is 7.75. The number of carbonyl (C=O) groups excluding carboxylic acids is 1. The van der Waals surface area contributed by atoms with Crippen LogP contribution in [0, 0.1) is 6.92 Å². The summed E-state index contributed by atoms with van der Waals surface area (Å²) in [5, 5.41) is 1.93. The number of pyridine rings is 2. The number of rotatable bonds is 4. The minimum Gasteiger partial charge on any atom is -0.322 e. The second-order valence-corrected chi connectivity index (χ2v) is 8.80. The molecule has 32 heavy (non-hydrogen) atoms. The molecule has 1 aromatic carbocycles. The van der Waals surface area contributed by atoms with E-state index in [0.717, 1.165) is 17.8 Å². The van der Waals surface area contributed by atoms with Crippen LogP contribution >= 0.6 is 0 Å². The Kier molecular flexibility index (Phi) is 5.21. The Morgan fingerprint density at radius 1 is 0.969 bits per heavy atom. The van der Waals surface area contributed by atoms with Crippen molar-refractivity contribution >= 4 is 27.1 Å². The molecule has 0 unspecified atom stereocenters. The van der Waals surface area contributed by atoms with Crippen LogP contribution in [-0.4, -0.2) is 28.7 Å². The molecule has 0 aliphatic heterocycles. The molecule has 4 aromatic rings. The van der Waals surface area contributed by atoms with Crippen LogP contribution in [0.2, 0.25) is 0 Å². The third-order valence-electron chi connectivity index (χ3n) is 4.55. The molecule has 0 radical (unpaired) electrons. The van der Waals surface area contributed by atoms with E-state index in [4.69, 9.17) is 0 Å². The highest BCUT2D eigenvalue weighted by Gasteiger charge is 2.34. The number of hydrogen-bond acceptors (Lipinski definition) is 5.